The van der Waals surface area contributed by atoms with Crippen molar-refractivity contribution in [3.63, 3.8) is 0 Å². The maximum Gasteiger partial charge on any atom is 0.254 e. The first kappa shape index (κ1) is 15.5. The highest BCUT2D eigenvalue weighted by molar-refractivity contribution is 6.24. The zero-order valence-corrected chi connectivity index (χ0v) is 13.6. The third-order valence-electron chi connectivity index (χ3n) is 4.37. The first-order chi connectivity index (χ1) is 11.2. The van der Waals surface area contributed by atoms with Crippen LogP contribution in [-0.4, -0.2) is 23.9 Å². The van der Waals surface area contributed by atoms with E-state index in [1.54, 1.807) is 0 Å². The number of piperidine rings is 1. The number of benzene rings is 2. The second kappa shape index (κ2) is 7.28. The summed E-state index contributed by atoms with van der Waals surface area (Å²) in [5, 5.41) is 0. The van der Waals surface area contributed by atoms with E-state index in [2.05, 4.69) is 6.92 Å². The van der Waals surface area contributed by atoms with E-state index in [-0.39, 0.29) is 5.91 Å². The van der Waals surface area contributed by atoms with Crippen molar-refractivity contribution in [3.05, 3.63) is 71.8 Å². The van der Waals surface area contributed by atoms with Gasteiger partial charge in [-0.3, -0.25) is 4.79 Å². The van der Waals surface area contributed by atoms with E-state index in [4.69, 9.17) is 0 Å². The van der Waals surface area contributed by atoms with Crippen LogP contribution in [-0.2, 0) is 4.79 Å². The number of hydrogen-bond donors (Lipinski definition) is 0. The average Bonchev–Trinajstić information content (AvgIpc) is 2.61. The van der Waals surface area contributed by atoms with Gasteiger partial charge in [-0.05, 0) is 36.0 Å². The second-order valence-electron chi connectivity index (χ2n) is 6.33. The standard InChI is InChI=1S/C21H23NO/c1-17-9-8-14-22(16-17)21(23)20(19-12-6-3-7-13-19)15-18-10-4-2-5-11-18/h2-7,10-13,15,17H,8-9,14,16H2,1H3/b20-15+. The van der Waals surface area contributed by atoms with Gasteiger partial charge in [0, 0.05) is 18.7 Å². The Morgan fingerprint density at radius 2 is 1.70 bits per heavy atom. The molecular formula is C21H23NO. The van der Waals surface area contributed by atoms with Gasteiger partial charge in [0.2, 0.25) is 0 Å². The topological polar surface area (TPSA) is 20.3 Å². The molecule has 0 aliphatic carbocycles. The molecule has 2 aromatic carbocycles. The van der Waals surface area contributed by atoms with E-state index >= 15 is 0 Å². The van der Waals surface area contributed by atoms with Crippen molar-refractivity contribution in [2.24, 2.45) is 5.92 Å². The van der Waals surface area contributed by atoms with Gasteiger partial charge in [-0.1, -0.05) is 67.6 Å². The molecule has 0 spiro atoms. The van der Waals surface area contributed by atoms with E-state index < -0.39 is 0 Å². The number of carbonyl (C=O) groups excluding carboxylic acids is 1. The minimum Gasteiger partial charge on any atom is -0.338 e. The van der Waals surface area contributed by atoms with Gasteiger partial charge in [-0.25, -0.2) is 0 Å². The highest BCUT2D eigenvalue weighted by Crippen LogP contribution is 2.24. The second-order valence-corrected chi connectivity index (χ2v) is 6.33. The van der Waals surface area contributed by atoms with Crippen LogP contribution >= 0.6 is 0 Å². The molecule has 118 valence electrons. The van der Waals surface area contributed by atoms with Gasteiger partial charge in [0.15, 0.2) is 0 Å². The summed E-state index contributed by atoms with van der Waals surface area (Å²) in [6, 6.07) is 20.1. The van der Waals surface area contributed by atoms with E-state index in [1.807, 2.05) is 71.6 Å². The van der Waals surface area contributed by atoms with Crippen molar-refractivity contribution in [1.82, 2.24) is 4.90 Å². The molecule has 1 aliphatic heterocycles. The summed E-state index contributed by atoms with van der Waals surface area (Å²) in [5.41, 5.74) is 2.83. The molecule has 1 aliphatic rings. The van der Waals surface area contributed by atoms with Crippen molar-refractivity contribution in [2.45, 2.75) is 19.8 Å². The molecule has 2 heteroatoms. The Bertz CT molecular complexity index is 676. The molecule has 0 bridgehead atoms. The summed E-state index contributed by atoms with van der Waals surface area (Å²) < 4.78 is 0. The van der Waals surface area contributed by atoms with Crippen LogP contribution in [0.1, 0.15) is 30.9 Å². The predicted octanol–water partition coefficient (Wildman–Crippen LogP) is 4.49. The summed E-state index contributed by atoms with van der Waals surface area (Å²) in [6.45, 7) is 3.95. The van der Waals surface area contributed by atoms with E-state index in [0.717, 1.165) is 36.2 Å². The largest absolute Gasteiger partial charge is 0.338 e. The quantitative estimate of drug-likeness (QED) is 0.604. The molecule has 1 unspecified atom stereocenters. The Morgan fingerprint density at radius 1 is 1.04 bits per heavy atom. The molecule has 0 N–H and O–H groups in total. The molecule has 1 fully saturated rings. The molecule has 0 saturated carbocycles. The van der Waals surface area contributed by atoms with Gasteiger partial charge in [0.1, 0.15) is 0 Å². The van der Waals surface area contributed by atoms with Gasteiger partial charge < -0.3 is 4.90 Å². The monoisotopic (exact) mass is 305 g/mol. The lowest BCUT2D eigenvalue weighted by Gasteiger charge is -2.31. The van der Waals surface area contributed by atoms with E-state index in [1.165, 1.54) is 6.42 Å². The lowest BCUT2D eigenvalue weighted by Crippen LogP contribution is -2.39. The summed E-state index contributed by atoms with van der Waals surface area (Å²) in [6.07, 6.45) is 4.32. The first-order valence-electron chi connectivity index (χ1n) is 8.35. The van der Waals surface area contributed by atoms with E-state index in [0.29, 0.717) is 5.92 Å². The normalized spacial score (nSPS) is 18.7. The van der Waals surface area contributed by atoms with Gasteiger partial charge in [-0.15, -0.1) is 0 Å². The summed E-state index contributed by atoms with van der Waals surface area (Å²) in [4.78, 5) is 15.1. The van der Waals surface area contributed by atoms with Gasteiger partial charge >= 0.3 is 0 Å². The Balaban J connectivity index is 1.95. The molecule has 1 atom stereocenters. The minimum atomic E-state index is 0.145. The van der Waals surface area contributed by atoms with Crippen molar-refractivity contribution in [1.29, 1.82) is 0 Å². The van der Waals surface area contributed by atoms with Crippen molar-refractivity contribution in [3.8, 4) is 0 Å². The molecule has 1 amide bonds. The third kappa shape index (κ3) is 3.89. The average molecular weight is 305 g/mol. The number of nitrogens with zero attached hydrogens (tertiary/aromatic N) is 1. The maximum absolute atomic E-state index is 13.1. The lowest BCUT2D eigenvalue weighted by molar-refractivity contribution is -0.126. The van der Waals surface area contributed by atoms with Crippen LogP contribution in [0.3, 0.4) is 0 Å². The number of amides is 1. The van der Waals surface area contributed by atoms with Crippen LogP contribution < -0.4 is 0 Å². The molecular weight excluding hydrogens is 282 g/mol. The Labute approximate surface area is 138 Å². The summed E-state index contributed by atoms with van der Waals surface area (Å²) >= 11 is 0. The summed E-state index contributed by atoms with van der Waals surface area (Å²) in [7, 11) is 0. The van der Waals surface area contributed by atoms with Crippen LogP contribution in [0.25, 0.3) is 11.6 Å². The fourth-order valence-electron chi connectivity index (χ4n) is 3.15. The van der Waals surface area contributed by atoms with Crippen LogP contribution in [0.5, 0.6) is 0 Å². The van der Waals surface area contributed by atoms with Crippen LogP contribution in [0.2, 0.25) is 0 Å². The SMILES string of the molecule is CC1CCCN(C(=O)/C(=C/c2ccccc2)c2ccccc2)C1. The van der Waals surface area contributed by atoms with Crippen molar-refractivity contribution < 1.29 is 4.79 Å². The first-order valence-corrected chi connectivity index (χ1v) is 8.35. The van der Waals surface area contributed by atoms with Crippen LogP contribution in [0.15, 0.2) is 60.7 Å². The number of hydrogen-bond acceptors (Lipinski definition) is 1. The van der Waals surface area contributed by atoms with Crippen molar-refractivity contribution in [2.75, 3.05) is 13.1 Å². The Kier molecular flexibility index (Phi) is 4.92. The highest BCUT2D eigenvalue weighted by atomic mass is 16.2. The minimum absolute atomic E-state index is 0.145. The van der Waals surface area contributed by atoms with Gasteiger partial charge in [0.05, 0.1) is 0 Å². The fourth-order valence-corrected chi connectivity index (χ4v) is 3.15. The number of likely N-dealkylation sites (tertiary alicyclic amines) is 1. The molecule has 23 heavy (non-hydrogen) atoms. The summed E-state index contributed by atoms with van der Waals surface area (Å²) in [5.74, 6) is 0.730. The number of carbonyl (C=O) groups is 1. The van der Waals surface area contributed by atoms with Crippen LogP contribution in [0.4, 0.5) is 0 Å². The zero-order chi connectivity index (χ0) is 16.1. The number of rotatable bonds is 3. The molecule has 2 nitrogen and oxygen atoms in total. The molecule has 0 aromatic heterocycles. The zero-order valence-electron chi connectivity index (χ0n) is 13.6. The maximum atomic E-state index is 13.1. The third-order valence-corrected chi connectivity index (χ3v) is 4.37. The Morgan fingerprint density at radius 3 is 2.35 bits per heavy atom. The smallest absolute Gasteiger partial charge is 0.254 e. The van der Waals surface area contributed by atoms with E-state index in [9.17, 15) is 4.79 Å². The highest BCUT2D eigenvalue weighted by Gasteiger charge is 2.24. The fraction of sp³-hybridized carbons (Fsp3) is 0.286. The van der Waals surface area contributed by atoms with Crippen LogP contribution in [0, 0.1) is 5.92 Å². The Hall–Kier alpha value is -2.35. The predicted molar refractivity (Wildman–Crippen MR) is 95.7 cm³/mol. The van der Waals surface area contributed by atoms with Gasteiger partial charge in [-0.2, -0.15) is 0 Å². The lowest BCUT2D eigenvalue weighted by atomic mass is 9.97. The molecule has 0 radical (unpaired) electrons. The van der Waals surface area contributed by atoms with Crippen molar-refractivity contribution >= 4 is 17.6 Å². The molecule has 1 heterocycles. The molecule has 3 rings (SSSR count). The molecule has 2 aromatic rings. The molecule has 1 saturated heterocycles. The van der Waals surface area contributed by atoms with Gasteiger partial charge in [0.25, 0.3) is 5.91 Å².